The summed E-state index contributed by atoms with van der Waals surface area (Å²) in [5, 5.41) is 3.05. The Morgan fingerprint density at radius 1 is 1.23 bits per heavy atom. The summed E-state index contributed by atoms with van der Waals surface area (Å²) in [5.41, 5.74) is 2.70. The minimum absolute atomic E-state index is 0.158. The molecule has 0 fully saturated rings. The SMILES string of the molecule is CCN(CCC(=O)NCCC1=CCCCC1)c1ccccc1. The van der Waals surface area contributed by atoms with E-state index >= 15 is 0 Å². The van der Waals surface area contributed by atoms with Crippen molar-refractivity contribution in [3.63, 3.8) is 0 Å². The Morgan fingerprint density at radius 3 is 2.73 bits per heavy atom. The lowest BCUT2D eigenvalue weighted by Crippen LogP contribution is -2.31. The van der Waals surface area contributed by atoms with Crippen LogP contribution < -0.4 is 10.2 Å². The third-order valence-corrected chi connectivity index (χ3v) is 4.27. The van der Waals surface area contributed by atoms with Crippen LogP contribution in [0.2, 0.25) is 0 Å². The Balaban J connectivity index is 1.67. The van der Waals surface area contributed by atoms with E-state index in [0.717, 1.165) is 26.1 Å². The number of anilines is 1. The van der Waals surface area contributed by atoms with Gasteiger partial charge in [-0.3, -0.25) is 4.79 Å². The third kappa shape index (κ3) is 5.55. The van der Waals surface area contributed by atoms with Crippen LogP contribution in [0, 0.1) is 0 Å². The lowest BCUT2D eigenvalue weighted by Gasteiger charge is -2.22. The van der Waals surface area contributed by atoms with Gasteiger partial charge in [0.2, 0.25) is 5.91 Å². The minimum Gasteiger partial charge on any atom is -0.371 e. The van der Waals surface area contributed by atoms with Gasteiger partial charge in [-0.25, -0.2) is 0 Å². The average Bonchev–Trinajstić information content (AvgIpc) is 2.57. The smallest absolute Gasteiger partial charge is 0.221 e. The summed E-state index contributed by atoms with van der Waals surface area (Å²) in [7, 11) is 0. The summed E-state index contributed by atoms with van der Waals surface area (Å²) in [6.45, 7) is 4.60. The van der Waals surface area contributed by atoms with Gasteiger partial charge in [-0.1, -0.05) is 29.8 Å². The van der Waals surface area contributed by atoms with Crippen molar-refractivity contribution < 1.29 is 4.79 Å². The van der Waals surface area contributed by atoms with Crippen molar-refractivity contribution in [3.8, 4) is 0 Å². The predicted molar refractivity (Wildman–Crippen MR) is 93.1 cm³/mol. The van der Waals surface area contributed by atoms with Crippen molar-refractivity contribution >= 4 is 11.6 Å². The predicted octanol–water partition coefficient (Wildman–Crippen LogP) is 3.91. The molecular weight excluding hydrogens is 272 g/mol. The molecule has 0 aliphatic heterocycles. The highest BCUT2D eigenvalue weighted by atomic mass is 16.1. The van der Waals surface area contributed by atoms with E-state index in [9.17, 15) is 4.79 Å². The molecule has 0 spiro atoms. The highest BCUT2D eigenvalue weighted by molar-refractivity contribution is 5.76. The molecule has 0 saturated heterocycles. The number of nitrogens with zero attached hydrogens (tertiary/aromatic N) is 1. The van der Waals surface area contributed by atoms with E-state index in [1.807, 2.05) is 18.2 Å². The zero-order chi connectivity index (χ0) is 15.6. The van der Waals surface area contributed by atoms with Crippen molar-refractivity contribution in [2.24, 2.45) is 0 Å². The first-order chi connectivity index (χ1) is 10.8. The largest absolute Gasteiger partial charge is 0.371 e. The first kappa shape index (κ1) is 16.6. The summed E-state index contributed by atoms with van der Waals surface area (Å²) in [6.07, 6.45) is 8.98. The van der Waals surface area contributed by atoms with Crippen LogP contribution in [0.25, 0.3) is 0 Å². The maximum absolute atomic E-state index is 12.0. The second-order valence-electron chi connectivity index (χ2n) is 5.87. The number of carbonyl (C=O) groups is 1. The Bertz CT molecular complexity index is 481. The average molecular weight is 300 g/mol. The molecule has 0 saturated carbocycles. The van der Waals surface area contributed by atoms with Crippen LogP contribution in [-0.4, -0.2) is 25.5 Å². The van der Waals surface area contributed by atoms with Crippen LogP contribution in [0.5, 0.6) is 0 Å². The molecule has 0 atom stereocenters. The van der Waals surface area contributed by atoms with Gasteiger partial charge in [-0.05, 0) is 51.2 Å². The van der Waals surface area contributed by atoms with Crippen LogP contribution in [0.4, 0.5) is 5.69 Å². The molecule has 1 aliphatic carbocycles. The van der Waals surface area contributed by atoms with Crippen molar-refractivity contribution in [1.29, 1.82) is 0 Å². The van der Waals surface area contributed by atoms with E-state index in [4.69, 9.17) is 0 Å². The molecule has 0 radical (unpaired) electrons. The summed E-state index contributed by atoms with van der Waals surface area (Å²) in [6, 6.07) is 10.3. The van der Waals surface area contributed by atoms with Gasteiger partial charge in [0.15, 0.2) is 0 Å². The molecule has 1 aromatic rings. The normalized spacial score (nSPS) is 14.3. The number of amides is 1. The lowest BCUT2D eigenvalue weighted by molar-refractivity contribution is -0.120. The number of carbonyl (C=O) groups excluding carboxylic acids is 1. The lowest BCUT2D eigenvalue weighted by atomic mass is 9.97. The molecule has 3 nitrogen and oxygen atoms in total. The molecule has 3 heteroatoms. The first-order valence-electron chi connectivity index (χ1n) is 8.54. The number of nitrogens with one attached hydrogen (secondary N) is 1. The molecule has 2 rings (SSSR count). The number of rotatable bonds is 8. The van der Waals surface area contributed by atoms with Gasteiger partial charge in [0, 0.05) is 31.7 Å². The fourth-order valence-corrected chi connectivity index (χ4v) is 2.93. The van der Waals surface area contributed by atoms with Gasteiger partial charge in [0.25, 0.3) is 0 Å². The highest BCUT2D eigenvalue weighted by Gasteiger charge is 2.08. The van der Waals surface area contributed by atoms with Crippen LogP contribution in [-0.2, 0) is 4.79 Å². The fraction of sp³-hybridized carbons (Fsp3) is 0.526. The zero-order valence-corrected chi connectivity index (χ0v) is 13.7. The van der Waals surface area contributed by atoms with E-state index in [-0.39, 0.29) is 5.91 Å². The summed E-state index contributed by atoms with van der Waals surface area (Å²) in [4.78, 5) is 14.2. The van der Waals surface area contributed by atoms with Crippen LogP contribution >= 0.6 is 0 Å². The number of allylic oxidation sites excluding steroid dienone is 1. The van der Waals surface area contributed by atoms with Crippen LogP contribution in [0.3, 0.4) is 0 Å². The van der Waals surface area contributed by atoms with Gasteiger partial charge >= 0.3 is 0 Å². The Kier molecular flexibility index (Phi) is 7.01. The molecule has 1 amide bonds. The zero-order valence-electron chi connectivity index (χ0n) is 13.7. The molecule has 0 aromatic heterocycles. The van der Waals surface area contributed by atoms with Gasteiger partial charge in [-0.2, -0.15) is 0 Å². The van der Waals surface area contributed by atoms with Crippen LogP contribution in [0.15, 0.2) is 42.0 Å². The van der Waals surface area contributed by atoms with Gasteiger partial charge in [-0.15, -0.1) is 0 Å². The molecule has 0 heterocycles. The standard InChI is InChI=1S/C19H28N2O/c1-2-21(18-11-7-4-8-12-18)16-14-19(22)20-15-13-17-9-5-3-6-10-17/h4,7-9,11-12H,2-3,5-6,10,13-16H2,1H3,(H,20,22). The number of benzene rings is 1. The second kappa shape index (κ2) is 9.29. The number of hydrogen-bond acceptors (Lipinski definition) is 2. The maximum atomic E-state index is 12.0. The summed E-state index contributed by atoms with van der Waals surface area (Å²) < 4.78 is 0. The maximum Gasteiger partial charge on any atom is 0.221 e. The van der Waals surface area contributed by atoms with E-state index < -0.39 is 0 Å². The fourth-order valence-electron chi connectivity index (χ4n) is 2.93. The quantitative estimate of drug-likeness (QED) is 0.738. The molecule has 0 bridgehead atoms. The number of para-hydroxylation sites is 1. The summed E-state index contributed by atoms with van der Waals surface area (Å²) in [5.74, 6) is 0.158. The Labute approximate surface area is 134 Å². The van der Waals surface area contributed by atoms with E-state index in [2.05, 4.69) is 35.3 Å². The van der Waals surface area contributed by atoms with E-state index in [1.165, 1.54) is 36.9 Å². The van der Waals surface area contributed by atoms with Crippen molar-refractivity contribution in [3.05, 3.63) is 42.0 Å². The van der Waals surface area contributed by atoms with Crippen molar-refractivity contribution in [2.75, 3.05) is 24.5 Å². The Hall–Kier alpha value is -1.77. The van der Waals surface area contributed by atoms with Gasteiger partial charge in [0.05, 0.1) is 0 Å². The van der Waals surface area contributed by atoms with Gasteiger partial charge in [0.1, 0.15) is 0 Å². The molecule has 0 unspecified atom stereocenters. The topological polar surface area (TPSA) is 32.3 Å². The molecule has 1 aromatic carbocycles. The van der Waals surface area contributed by atoms with E-state index in [1.54, 1.807) is 0 Å². The van der Waals surface area contributed by atoms with E-state index in [0.29, 0.717) is 6.42 Å². The first-order valence-corrected chi connectivity index (χ1v) is 8.54. The van der Waals surface area contributed by atoms with Crippen molar-refractivity contribution in [2.45, 2.75) is 45.4 Å². The molecule has 1 N–H and O–H groups in total. The molecule has 1 aliphatic rings. The molecule has 22 heavy (non-hydrogen) atoms. The minimum atomic E-state index is 0.158. The molecule has 120 valence electrons. The van der Waals surface area contributed by atoms with Crippen molar-refractivity contribution in [1.82, 2.24) is 5.32 Å². The third-order valence-electron chi connectivity index (χ3n) is 4.27. The second-order valence-corrected chi connectivity index (χ2v) is 5.87. The monoisotopic (exact) mass is 300 g/mol. The highest BCUT2D eigenvalue weighted by Crippen LogP contribution is 2.19. The number of hydrogen-bond donors (Lipinski definition) is 1. The molecular formula is C19H28N2O. The summed E-state index contributed by atoms with van der Waals surface area (Å²) >= 11 is 0. The van der Waals surface area contributed by atoms with Crippen LogP contribution in [0.1, 0.15) is 45.4 Å². The van der Waals surface area contributed by atoms with Gasteiger partial charge < -0.3 is 10.2 Å². The Morgan fingerprint density at radius 2 is 2.05 bits per heavy atom.